The van der Waals surface area contributed by atoms with Crippen molar-refractivity contribution in [3.05, 3.63) is 28.3 Å². The number of halogens is 3. The van der Waals surface area contributed by atoms with E-state index < -0.39 is 12.4 Å². The highest BCUT2D eigenvalue weighted by molar-refractivity contribution is 6.34. The monoisotopic (exact) mass is 245 g/mol. The Morgan fingerprint density at radius 2 is 2.19 bits per heavy atom. The van der Waals surface area contributed by atoms with Crippen LogP contribution in [0.1, 0.15) is 22.8 Å². The smallest absolute Gasteiger partial charge is 0.387 e. The van der Waals surface area contributed by atoms with Gasteiger partial charge in [-0.15, -0.1) is 0 Å². The van der Waals surface area contributed by atoms with E-state index in [-0.39, 0.29) is 21.9 Å². The van der Waals surface area contributed by atoms with Crippen LogP contribution in [0, 0.1) is 11.3 Å². The first-order valence-electron chi connectivity index (χ1n) is 4.15. The van der Waals surface area contributed by atoms with Crippen molar-refractivity contribution in [2.75, 3.05) is 0 Å². The fraction of sp³-hybridized carbons (Fsp3) is 0.200. The Labute approximate surface area is 95.2 Å². The maximum atomic E-state index is 12.0. The lowest BCUT2D eigenvalue weighted by Gasteiger charge is -2.09. The van der Waals surface area contributed by atoms with Gasteiger partial charge >= 0.3 is 6.61 Å². The molecule has 0 spiro atoms. The summed E-state index contributed by atoms with van der Waals surface area (Å²) in [6, 6.07) is 3.99. The van der Waals surface area contributed by atoms with E-state index in [1.54, 1.807) is 6.07 Å². The van der Waals surface area contributed by atoms with E-state index >= 15 is 0 Å². The van der Waals surface area contributed by atoms with E-state index in [2.05, 4.69) is 4.74 Å². The molecule has 0 fully saturated rings. The van der Waals surface area contributed by atoms with Gasteiger partial charge in [-0.25, -0.2) is 0 Å². The van der Waals surface area contributed by atoms with Gasteiger partial charge in [0.15, 0.2) is 5.78 Å². The molecule has 0 N–H and O–H groups in total. The molecule has 0 radical (unpaired) electrons. The highest BCUT2D eigenvalue weighted by atomic mass is 35.5. The Bertz CT molecular complexity index is 469. The van der Waals surface area contributed by atoms with Crippen LogP contribution >= 0.6 is 11.6 Å². The molecule has 0 saturated heterocycles. The predicted molar refractivity (Wildman–Crippen MR) is 52.8 cm³/mol. The lowest BCUT2D eigenvalue weighted by Crippen LogP contribution is -2.07. The maximum Gasteiger partial charge on any atom is 0.387 e. The van der Waals surface area contributed by atoms with E-state index in [1.807, 2.05) is 0 Å². The number of benzene rings is 1. The molecule has 0 amide bonds. The fourth-order valence-corrected chi connectivity index (χ4v) is 1.50. The second-order valence-electron chi connectivity index (χ2n) is 2.84. The van der Waals surface area contributed by atoms with Crippen LogP contribution in [0.15, 0.2) is 12.1 Å². The third kappa shape index (κ3) is 2.47. The van der Waals surface area contributed by atoms with Gasteiger partial charge < -0.3 is 4.74 Å². The molecule has 0 unspecified atom stereocenters. The molecule has 0 aliphatic heterocycles. The molecule has 0 heterocycles. The topological polar surface area (TPSA) is 50.1 Å². The number of carbonyl (C=O) groups is 1. The van der Waals surface area contributed by atoms with E-state index in [1.165, 1.54) is 13.0 Å². The van der Waals surface area contributed by atoms with E-state index in [0.717, 1.165) is 6.07 Å². The molecule has 0 aliphatic rings. The van der Waals surface area contributed by atoms with Gasteiger partial charge in [0, 0.05) is 0 Å². The molecule has 0 aromatic heterocycles. The van der Waals surface area contributed by atoms with Crippen LogP contribution < -0.4 is 4.74 Å². The molecule has 16 heavy (non-hydrogen) atoms. The van der Waals surface area contributed by atoms with Crippen LogP contribution in [0.5, 0.6) is 5.75 Å². The van der Waals surface area contributed by atoms with Crippen molar-refractivity contribution in [3.63, 3.8) is 0 Å². The van der Waals surface area contributed by atoms with Crippen LogP contribution in [0.4, 0.5) is 8.78 Å². The Balaban J connectivity index is 3.38. The first kappa shape index (κ1) is 12.4. The summed E-state index contributed by atoms with van der Waals surface area (Å²) in [7, 11) is 0. The largest absolute Gasteiger partial charge is 0.433 e. The Morgan fingerprint density at radius 3 is 2.62 bits per heavy atom. The summed E-state index contributed by atoms with van der Waals surface area (Å²) in [5.41, 5.74) is -0.386. The van der Waals surface area contributed by atoms with Gasteiger partial charge in [-0.2, -0.15) is 14.0 Å². The van der Waals surface area contributed by atoms with E-state index in [9.17, 15) is 13.6 Å². The average Bonchev–Trinajstić information content (AvgIpc) is 2.18. The van der Waals surface area contributed by atoms with Crippen LogP contribution in [0.2, 0.25) is 5.02 Å². The zero-order valence-corrected chi connectivity index (χ0v) is 8.89. The summed E-state index contributed by atoms with van der Waals surface area (Å²) >= 11 is 5.70. The maximum absolute atomic E-state index is 12.0. The van der Waals surface area contributed by atoms with Gasteiger partial charge in [-0.1, -0.05) is 11.6 Å². The molecule has 0 bridgehead atoms. The van der Waals surface area contributed by atoms with Crippen molar-refractivity contribution in [1.82, 2.24) is 0 Å². The van der Waals surface area contributed by atoms with Crippen molar-refractivity contribution in [1.29, 1.82) is 5.26 Å². The lowest BCUT2D eigenvalue weighted by atomic mass is 10.0. The normalized spacial score (nSPS) is 10.0. The number of ether oxygens (including phenoxy) is 1. The third-order valence-corrected chi connectivity index (χ3v) is 2.11. The molecule has 3 nitrogen and oxygen atoms in total. The van der Waals surface area contributed by atoms with Crippen LogP contribution in [-0.4, -0.2) is 12.4 Å². The first-order chi connectivity index (χ1) is 7.47. The number of nitriles is 1. The molecule has 1 rings (SSSR count). The fourth-order valence-electron chi connectivity index (χ4n) is 1.21. The average molecular weight is 246 g/mol. The van der Waals surface area contributed by atoms with Gasteiger partial charge in [0.1, 0.15) is 17.4 Å². The van der Waals surface area contributed by atoms with Crippen molar-refractivity contribution in [2.45, 2.75) is 13.5 Å². The van der Waals surface area contributed by atoms with Gasteiger partial charge in [0.05, 0.1) is 10.6 Å². The molecule has 0 atom stereocenters. The second-order valence-corrected chi connectivity index (χ2v) is 3.25. The lowest BCUT2D eigenvalue weighted by molar-refractivity contribution is -0.0500. The number of hydrogen-bond acceptors (Lipinski definition) is 3. The summed E-state index contributed by atoms with van der Waals surface area (Å²) in [6.45, 7) is -1.87. The van der Waals surface area contributed by atoms with Crippen molar-refractivity contribution in [2.24, 2.45) is 0 Å². The zero-order valence-electron chi connectivity index (χ0n) is 8.13. The van der Waals surface area contributed by atoms with Crippen LogP contribution in [0.3, 0.4) is 0 Å². The van der Waals surface area contributed by atoms with Crippen molar-refractivity contribution < 1.29 is 18.3 Å². The molecule has 6 heteroatoms. The highest BCUT2D eigenvalue weighted by Crippen LogP contribution is 2.29. The molecular formula is C10H6ClF2NO2. The Kier molecular flexibility index (Phi) is 3.80. The minimum atomic E-state index is -3.06. The minimum absolute atomic E-state index is 0.0330. The molecule has 1 aromatic rings. The van der Waals surface area contributed by atoms with Crippen molar-refractivity contribution in [3.8, 4) is 11.8 Å². The van der Waals surface area contributed by atoms with Gasteiger partial charge in [-0.3, -0.25) is 4.79 Å². The summed E-state index contributed by atoms with van der Waals surface area (Å²) in [6.07, 6.45) is 0. The molecule has 84 valence electrons. The number of alkyl halides is 2. The highest BCUT2D eigenvalue weighted by Gasteiger charge is 2.18. The Hall–Kier alpha value is -1.67. The number of rotatable bonds is 3. The van der Waals surface area contributed by atoms with E-state index in [0.29, 0.717) is 0 Å². The minimum Gasteiger partial charge on any atom is -0.433 e. The molecule has 0 saturated carbocycles. The van der Waals surface area contributed by atoms with Gasteiger partial charge in [-0.05, 0) is 19.1 Å². The number of Topliss-reactive ketones (excluding diaryl/α,β-unsaturated/α-hetero) is 1. The number of nitrogens with zero attached hydrogens (tertiary/aromatic N) is 1. The standard InChI is InChI=1S/C10H6ClF2NO2/c1-5(15)9-6(4-14)8(16-10(12)13)3-2-7(9)11/h2-3,10H,1H3. The SMILES string of the molecule is CC(=O)c1c(Cl)ccc(OC(F)F)c1C#N. The first-order valence-corrected chi connectivity index (χ1v) is 4.53. The third-order valence-electron chi connectivity index (χ3n) is 1.80. The number of carbonyl (C=O) groups excluding carboxylic acids is 1. The number of hydrogen-bond donors (Lipinski definition) is 0. The Morgan fingerprint density at radius 1 is 1.56 bits per heavy atom. The van der Waals surface area contributed by atoms with Gasteiger partial charge in [0.2, 0.25) is 0 Å². The predicted octanol–water partition coefficient (Wildman–Crippen LogP) is 3.02. The summed E-state index contributed by atoms with van der Waals surface area (Å²) in [5.74, 6) is -0.839. The summed E-state index contributed by atoms with van der Waals surface area (Å²) in [5, 5.41) is 8.83. The van der Waals surface area contributed by atoms with Gasteiger partial charge in [0.25, 0.3) is 0 Å². The molecule has 0 aliphatic carbocycles. The molecule has 1 aromatic carbocycles. The zero-order chi connectivity index (χ0) is 12.3. The summed E-state index contributed by atoms with van der Waals surface area (Å²) < 4.78 is 28.2. The summed E-state index contributed by atoms with van der Waals surface area (Å²) in [4.78, 5) is 11.2. The number of ketones is 1. The van der Waals surface area contributed by atoms with Crippen LogP contribution in [0.25, 0.3) is 0 Å². The molecular weight excluding hydrogens is 240 g/mol. The van der Waals surface area contributed by atoms with Crippen LogP contribution in [-0.2, 0) is 0 Å². The van der Waals surface area contributed by atoms with E-state index in [4.69, 9.17) is 16.9 Å². The second kappa shape index (κ2) is 4.90. The quantitative estimate of drug-likeness (QED) is 0.769. The van der Waals surface area contributed by atoms with Crippen molar-refractivity contribution >= 4 is 17.4 Å².